The molecular weight excluding hydrogens is 405 g/mol. The molecule has 3 rings (SSSR count). The Hall–Kier alpha value is -3.06. The van der Waals surface area contributed by atoms with E-state index < -0.39 is 50.8 Å². The summed E-state index contributed by atoms with van der Waals surface area (Å²) in [5.74, 6) is 0. The fourth-order valence-electron chi connectivity index (χ4n) is 2.63. The van der Waals surface area contributed by atoms with Gasteiger partial charge in [0.2, 0.25) is 10.0 Å². The highest BCUT2D eigenvalue weighted by atomic mass is 32.2. The minimum atomic E-state index is -4.82. The maximum Gasteiger partial charge on any atom is 0.418 e. The van der Waals surface area contributed by atoms with Crippen molar-refractivity contribution in [3.05, 3.63) is 62.6 Å². The SMILES string of the molecule is CS(=O)(=O)Nn1c(=O)[nH]c2cc(C(F)(F)F)c(-n3ccc(CO)c3)cc2c1=O. The van der Waals surface area contributed by atoms with E-state index >= 15 is 0 Å². The molecule has 0 bridgehead atoms. The molecule has 0 radical (unpaired) electrons. The van der Waals surface area contributed by atoms with Crippen LogP contribution < -0.4 is 16.1 Å². The zero-order chi connectivity index (χ0) is 20.9. The standard InChI is InChI=1S/C15H13F3N4O5S/c1-28(26,27)20-22-13(24)9-4-12(21-3-2-8(6-21)7-23)10(15(16,17)18)5-11(9)19-14(22)25/h2-6,20,23H,7H2,1H3,(H,19,25). The van der Waals surface area contributed by atoms with Crippen molar-refractivity contribution in [1.82, 2.24) is 14.2 Å². The maximum absolute atomic E-state index is 13.5. The number of alkyl halides is 3. The van der Waals surface area contributed by atoms with Gasteiger partial charge >= 0.3 is 11.9 Å². The van der Waals surface area contributed by atoms with Gasteiger partial charge in [-0.15, -0.1) is 0 Å². The number of fused-ring (bicyclic) bond motifs is 1. The van der Waals surface area contributed by atoms with Crippen molar-refractivity contribution in [1.29, 1.82) is 0 Å². The normalized spacial score (nSPS) is 12.5. The van der Waals surface area contributed by atoms with Crippen LogP contribution in [0.2, 0.25) is 0 Å². The predicted octanol–water partition coefficient (Wildman–Crippen LogP) is 0.495. The van der Waals surface area contributed by atoms with Crippen molar-refractivity contribution >= 4 is 20.9 Å². The van der Waals surface area contributed by atoms with Crippen LogP contribution in [0.5, 0.6) is 0 Å². The van der Waals surface area contributed by atoms with Crippen molar-refractivity contribution in [3.8, 4) is 5.69 Å². The molecule has 0 saturated heterocycles. The fraction of sp³-hybridized carbons (Fsp3) is 0.200. The van der Waals surface area contributed by atoms with E-state index in [4.69, 9.17) is 5.11 Å². The van der Waals surface area contributed by atoms with Crippen LogP contribution in [-0.4, -0.2) is 34.0 Å². The highest BCUT2D eigenvalue weighted by Gasteiger charge is 2.35. The summed E-state index contributed by atoms with van der Waals surface area (Å²) >= 11 is 0. The number of aliphatic hydroxyl groups is 1. The minimum absolute atomic E-state index is 0.156. The zero-order valence-corrected chi connectivity index (χ0v) is 14.9. The zero-order valence-electron chi connectivity index (χ0n) is 14.1. The minimum Gasteiger partial charge on any atom is -0.392 e. The molecule has 1 aromatic carbocycles. The van der Waals surface area contributed by atoms with Gasteiger partial charge in [-0.3, -0.25) is 4.79 Å². The third kappa shape index (κ3) is 3.66. The third-order valence-corrected chi connectivity index (χ3v) is 4.31. The molecule has 0 atom stereocenters. The largest absolute Gasteiger partial charge is 0.418 e. The first-order valence-corrected chi connectivity index (χ1v) is 9.46. The van der Waals surface area contributed by atoms with E-state index in [1.165, 1.54) is 18.5 Å². The Morgan fingerprint density at radius 1 is 1.25 bits per heavy atom. The van der Waals surface area contributed by atoms with Gasteiger partial charge in [0, 0.05) is 12.4 Å². The van der Waals surface area contributed by atoms with Crippen molar-refractivity contribution in [2.75, 3.05) is 11.1 Å². The van der Waals surface area contributed by atoms with Gasteiger partial charge in [0.1, 0.15) is 0 Å². The Morgan fingerprint density at radius 2 is 1.93 bits per heavy atom. The molecule has 0 aliphatic rings. The second-order valence-electron chi connectivity index (χ2n) is 5.93. The van der Waals surface area contributed by atoms with Gasteiger partial charge in [0.15, 0.2) is 0 Å². The molecule has 0 spiro atoms. The lowest BCUT2D eigenvalue weighted by Gasteiger charge is -2.15. The smallest absolute Gasteiger partial charge is 0.392 e. The number of rotatable bonds is 4. The summed E-state index contributed by atoms with van der Waals surface area (Å²) in [5.41, 5.74) is -4.03. The number of nitrogens with one attached hydrogen (secondary N) is 2. The molecule has 3 aromatic rings. The van der Waals surface area contributed by atoms with E-state index in [9.17, 15) is 31.2 Å². The summed E-state index contributed by atoms with van der Waals surface area (Å²) in [5, 5.41) is 8.78. The van der Waals surface area contributed by atoms with E-state index in [1.807, 2.05) is 0 Å². The number of hydrogen-bond acceptors (Lipinski definition) is 5. The summed E-state index contributed by atoms with van der Waals surface area (Å²) in [6, 6.07) is 2.87. The number of H-pyrrole nitrogens is 1. The van der Waals surface area contributed by atoms with Gasteiger partial charge in [-0.1, -0.05) is 0 Å². The molecule has 2 heterocycles. The van der Waals surface area contributed by atoms with Crippen molar-refractivity contribution < 1.29 is 26.7 Å². The number of sulfonamides is 1. The average Bonchev–Trinajstić information content (AvgIpc) is 3.05. The lowest BCUT2D eigenvalue weighted by atomic mass is 10.1. The van der Waals surface area contributed by atoms with Gasteiger partial charge in [-0.25, -0.2) is 18.0 Å². The molecule has 150 valence electrons. The number of aromatic nitrogens is 3. The number of aliphatic hydroxyl groups excluding tert-OH is 1. The number of halogens is 3. The van der Waals surface area contributed by atoms with Crippen LogP contribution in [0, 0.1) is 0 Å². The highest BCUT2D eigenvalue weighted by molar-refractivity contribution is 7.91. The van der Waals surface area contributed by atoms with E-state index in [0.29, 0.717) is 17.9 Å². The van der Waals surface area contributed by atoms with Gasteiger partial charge in [0.25, 0.3) is 5.56 Å². The van der Waals surface area contributed by atoms with Gasteiger partial charge < -0.3 is 14.7 Å². The van der Waals surface area contributed by atoms with Crippen molar-refractivity contribution in [3.63, 3.8) is 0 Å². The second kappa shape index (κ2) is 6.53. The predicted molar refractivity (Wildman–Crippen MR) is 93.3 cm³/mol. The molecule has 2 aromatic heterocycles. The van der Waals surface area contributed by atoms with Crippen LogP contribution in [0.25, 0.3) is 16.6 Å². The fourth-order valence-corrected chi connectivity index (χ4v) is 3.12. The van der Waals surface area contributed by atoms with Gasteiger partial charge in [0.05, 0.1) is 35.0 Å². The van der Waals surface area contributed by atoms with Crippen LogP contribution in [-0.2, 0) is 22.8 Å². The molecule has 0 unspecified atom stereocenters. The molecule has 0 fully saturated rings. The van der Waals surface area contributed by atoms with E-state index in [0.717, 1.165) is 10.6 Å². The highest BCUT2D eigenvalue weighted by Crippen LogP contribution is 2.35. The molecule has 0 aliphatic heterocycles. The van der Waals surface area contributed by atoms with Crippen LogP contribution in [0.15, 0.2) is 40.2 Å². The Morgan fingerprint density at radius 3 is 2.46 bits per heavy atom. The Bertz CT molecular complexity index is 1290. The topological polar surface area (TPSA) is 126 Å². The molecular formula is C15H13F3N4O5S. The van der Waals surface area contributed by atoms with Crippen LogP contribution in [0.3, 0.4) is 0 Å². The number of nitrogens with zero attached hydrogens (tertiary/aromatic N) is 2. The summed E-state index contributed by atoms with van der Waals surface area (Å²) in [6.45, 7) is -0.402. The summed E-state index contributed by atoms with van der Waals surface area (Å²) in [4.78, 5) is 28.2. The first-order valence-electron chi connectivity index (χ1n) is 7.57. The molecule has 0 aliphatic carbocycles. The molecule has 3 N–H and O–H groups in total. The van der Waals surface area contributed by atoms with Crippen molar-refractivity contribution in [2.24, 2.45) is 0 Å². The molecule has 13 heteroatoms. The average molecular weight is 418 g/mol. The quantitative estimate of drug-likeness (QED) is 0.569. The second-order valence-corrected chi connectivity index (χ2v) is 7.66. The Balaban J connectivity index is 2.38. The molecule has 9 nitrogen and oxygen atoms in total. The first kappa shape index (κ1) is 19.7. The number of benzene rings is 1. The van der Waals surface area contributed by atoms with E-state index in [1.54, 1.807) is 4.83 Å². The lowest BCUT2D eigenvalue weighted by molar-refractivity contribution is -0.137. The van der Waals surface area contributed by atoms with Crippen LogP contribution >= 0.6 is 0 Å². The summed E-state index contributed by atoms with van der Waals surface area (Å²) in [7, 11) is -4.00. The third-order valence-electron chi connectivity index (χ3n) is 3.79. The first-order chi connectivity index (χ1) is 12.9. The molecule has 28 heavy (non-hydrogen) atoms. The van der Waals surface area contributed by atoms with Crippen LogP contribution in [0.4, 0.5) is 13.2 Å². The Kier molecular flexibility index (Phi) is 4.59. The maximum atomic E-state index is 13.5. The number of hydrogen-bond donors (Lipinski definition) is 3. The Labute approximate surface area is 154 Å². The van der Waals surface area contributed by atoms with E-state index in [2.05, 4.69) is 4.98 Å². The van der Waals surface area contributed by atoms with Gasteiger partial charge in [-0.05, 0) is 23.8 Å². The lowest BCUT2D eigenvalue weighted by Crippen LogP contribution is -2.43. The monoisotopic (exact) mass is 418 g/mol. The number of aromatic amines is 1. The van der Waals surface area contributed by atoms with Gasteiger partial charge in [-0.2, -0.15) is 17.8 Å². The van der Waals surface area contributed by atoms with E-state index in [-0.39, 0.29) is 10.1 Å². The summed E-state index contributed by atoms with van der Waals surface area (Å²) < 4.78 is 64.5. The van der Waals surface area contributed by atoms with Crippen molar-refractivity contribution in [2.45, 2.75) is 12.8 Å². The summed E-state index contributed by atoms with van der Waals surface area (Å²) in [6.07, 6.45) is -1.60. The molecule has 0 saturated carbocycles. The van der Waals surface area contributed by atoms with Crippen LogP contribution in [0.1, 0.15) is 11.1 Å². The molecule has 0 amide bonds.